The molecule has 16 heteroatoms. The van der Waals surface area contributed by atoms with Crippen LogP contribution in [0.1, 0.15) is 59.3 Å². The molecule has 15 nitrogen and oxygen atoms in total. The number of nitrogens with zero attached hydrogens (tertiary/aromatic N) is 2. The molecular formula is C36H43N5O10S. The second-order valence-corrected chi connectivity index (χ2v) is 16.3. The van der Waals surface area contributed by atoms with Crippen LogP contribution in [0.4, 0.5) is 4.79 Å². The molecule has 2 aliphatic carbocycles. The first-order valence-corrected chi connectivity index (χ1v) is 18.5. The number of nitrogens with one attached hydrogen (secondary N) is 3. The lowest BCUT2D eigenvalue weighted by atomic mass is 9.97. The third kappa shape index (κ3) is 8.82. The van der Waals surface area contributed by atoms with Gasteiger partial charge in [-0.1, -0.05) is 12.0 Å². The Labute approximate surface area is 301 Å². The van der Waals surface area contributed by atoms with Crippen molar-refractivity contribution in [2.75, 3.05) is 13.7 Å². The van der Waals surface area contributed by atoms with Crippen molar-refractivity contribution in [1.29, 1.82) is 0 Å². The van der Waals surface area contributed by atoms with E-state index >= 15 is 0 Å². The summed E-state index contributed by atoms with van der Waals surface area (Å²) in [5.74, 6) is 2.62. The molecule has 0 bridgehead atoms. The van der Waals surface area contributed by atoms with E-state index in [2.05, 4.69) is 38.8 Å². The topological polar surface area (TPSA) is 210 Å². The maximum atomic E-state index is 14.1. The number of aromatic nitrogens is 1. The third-order valence-corrected chi connectivity index (χ3v) is 11.0. The average molecular weight is 738 g/mol. The van der Waals surface area contributed by atoms with E-state index < -0.39 is 79.9 Å². The van der Waals surface area contributed by atoms with Gasteiger partial charge in [-0.25, -0.2) is 18.2 Å². The number of carboxylic acid groups (broad SMARTS) is 1. The molecule has 1 aromatic heterocycles. The Morgan fingerprint density at radius 1 is 1.19 bits per heavy atom. The van der Waals surface area contributed by atoms with Crippen LogP contribution in [0, 0.1) is 23.2 Å². The van der Waals surface area contributed by atoms with Crippen LogP contribution in [-0.2, 0) is 29.2 Å². The second kappa shape index (κ2) is 14.8. The van der Waals surface area contributed by atoms with Gasteiger partial charge in [0.15, 0.2) is 0 Å². The number of amides is 4. The van der Waals surface area contributed by atoms with Gasteiger partial charge in [-0.2, -0.15) is 0 Å². The molecule has 0 spiro atoms. The Morgan fingerprint density at radius 2 is 1.92 bits per heavy atom. The van der Waals surface area contributed by atoms with Gasteiger partial charge in [-0.05, 0) is 82.0 Å². The SMILES string of the molecule is C=CC1CC1(NC(=O)[C@@H]1C[C@@H](Oc2nccc3cc(OC)ccc23)CN1C(=O)[C@H](CCC(=O)C#CC(C)(C)C)NC(=O)O)C(=O)NS(=O)(=O)C1CC1. The van der Waals surface area contributed by atoms with Crippen molar-refractivity contribution in [2.45, 2.75) is 88.3 Å². The van der Waals surface area contributed by atoms with Crippen molar-refractivity contribution in [3.05, 3.63) is 43.1 Å². The number of methoxy groups -OCH3 is 1. The molecule has 2 heterocycles. The van der Waals surface area contributed by atoms with E-state index in [-0.39, 0.29) is 38.1 Å². The Bertz CT molecular complexity index is 1960. The number of hydrogen-bond acceptors (Lipinski definition) is 10. The number of pyridine rings is 1. The number of likely N-dealkylation sites (tertiary alicyclic amines) is 1. The molecule has 1 saturated heterocycles. The fourth-order valence-corrected chi connectivity index (χ4v) is 7.47. The summed E-state index contributed by atoms with van der Waals surface area (Å²) < 4.78 is 38.9. The molecular weight excluding hydrogens is 694 g/mol. The summed E-state index contributed by atoms with van der Waals surface area (Å²) in [6, 6.07) is 4.33. The third-order valence-electron chi connectivity index (χ3n) is 9.14. The van der Waals surface area contributed by atoms with E-state index in [1.807, 2.05) is 20.8 Å². The van der Waals surface area contributed by atoms with Gasteiger partial charge in [-0.15, -0.1) is 6.58 Å². The summed E-state index contributed by atoms with van der Waals surface area (Å²) in [6.45, 7) is 9.01. The number of ketones is 1. The van der Waals surface area contributed by atoms with E-state index in [9.17, 15) is 37.5 Å². The van der Waals surface area contributed by atoms with Gasteiger partial charge in [0.25, 0.3) is 5.91 Å². The Morgan fingerprint density at radius 3 is 2.54 bits per heavy atom. The molecule has 0 radical (unpaired) electrons. The van der Waals surface area contributed by atoms with Gasteiger partial charge in [0.2, 0.25) is 33.5 Å². The van der Waals surface area contributed by atoms with Crippen LogP contribution in [0.3, 0.4) is 0 Å². The average Bonchev–Trinajstić information content (AvgIpc) is 4.01. The lowest BCUT2D eigenvalue weighted by Gasteiger charge is -2.29. The highest BCUT2D eigenvalue weighted by molar-refractivity contribution is 7.91. The van der Waals surface area contributed by atoms with Gasteiger partial charge in [0.05, 0.1) is 18.9 Å². The number of rotatable bonds is 14. The van der Waals surface area contributed by atoms with Gasteiger partial charge in [0, 0.05) is 35.8 Å². The summed E-state index contributed by atoms with van der Waals surface area (Å²) in [5.41, 5.74) is -2.08. The van der Waals surface area contributed by atoms with Gasteiger partial charge in [-0.3, -0.25) is 23.9 Å². The van der Waals surface area contributed by atoms with E-state index in [1.54, 1.807) is 24.3 Å². The minimum atomic E-state index is -3.94. The Balaban J connectivity index is 1.42. The molecule has 5 atom stereocenters. The number of hydrogen-bond donors (Lipinski definition) is 4. The lowest BCUT2D eigenvalue weighted by Crippen LogP contribution is -2.58. The molecule has 1 aromatic carbocycles. The zero-order chi connectivity index (χ0) is 38.0. The quantitative estimate of drug-likeness (QED) is 0.126. The van der Waals surface area contributed by atoms with Crippen LogP contribution in [0.15, 0.2) is 43.1 Å². The van der Waals surface area contributed by atoms with Crippen molar-refractivity contribution in [1.82, 2.24) is 25.2 Å². The van der Waals surface area contributed by atoms with Crippen molar-refractivity contribution < 1.29 is 47.0 Å². The van der Waals surface area contributed by atoms with Gasteiger partial charge in [0.1, 0.15) is 29.5 Å². The monoisotopic (exact) mass is 737 g/mol. The number of benzene rings is 1. The first-order chi connectivity index (χ1) is 24.5. The van der Waals surface area contributed by atoms with Gasteiger partial charge >= 0.3 is 6.09 Å². The fraction of sp³-hybridized carbons (Fsp3) is 0.500. The normalized spacial score (nSPS) is 23.0. The predicted molar refractivity (Wildman–Crippen MR) is 189 cm³/mol. The molecule has 2 aromatic rings. The van der Waals surface area contributed by atoms with Crippen LogP contribution in [0.5, 0.6) is 11.6 Å². The van der Waals surface area contributed by atoms with Gasteiger partial charge < -0.3 is 30.1 Å². The summed E-state index contributed by atoms with van der Waals surface area (Å²) in [7, 11) is -2.40. The number of carbonyl (C=O) groups is 5. The number of ether oxygens (including phenoxy) is 2. The van der Waals surface area contributed by atoms with Crippen LogP contribution in [0.25, 0.3) is 10.8 Å². The zero-order valence-corrected chi connectivity index (χ0v) is 30.2. The minimum absolute atomic E-state index is 0.0825. The molecule has 2 saturated carbocycles. The number of sulfonamides is 1. The molecule has 1 aliphatic heterocycles. The molecule has 3 fully saturated rings. The molecule has 4 amide bonds. The Kier molecular flexibility index (Phi) is 10.9. The highest BCUT2D eigenvalue weighted by atomic mass is 32.2. The van der Waals surface area contributed by atoms with Crippen LogP contribution < -0.4 is 24.8 Å². The maximum absolute atomic E-state index is 14.1. The molecule has 5 rings (SSSR count). The van der Waals surface area contributed by atoms with Crippen molar-refractivity contribution >= 4 is 50.4 Å². The van der Waals surface area contributed by atoms with E-state index in [4.69, 9.17) is 9.47 Å². The maximum Gasteiger partial charge on any atom is 0.405 e. The molecule has 278 valence electrons. The fourth-order valence-electron chi connectivity index (χ4n) is 6.10. The smallest absolute Gasteiger partial charge is 0.405 e. The summed E-state index contributed by atoms with van der Waals surface area (Å²) >= 11 is 0. The highest BCUT2D eigenvalue weighted by Gasteiger charge is 2.62. The molecule has 4 N–H and O–H groups in total. The van der Waals surface area contributed by atoms with Crippen LogP contribution in [0.2, 0.25) is 0 Å². The summed E-state index contributed by atoms with van der Waals surface area (Å²) in [4.78, 5) is 71.5. The Hall–Kier alpha value is -5.17. The molecule has 52 heavy (non-hydrogen) atoms. The summed E-state index contributed by atoms with van der Waals surface area (Å²) in [5, 5.41) is 15.2. The van der Waals surface area contributed by atoms with E-state index in [0.29, 0.717) is 24.0 Å². The standard InChI is InChI=1S/C36H43N5O10S/c1-6-22-19-36(22,33(45)40-52(48,49)26-9-10-26)39-30(43)29-18-25(51-31-27-11-8-24(50-5)17-21(27)14-16-37-31)20-41(29)32(44)28(38-34(46)47)12-7-23(42)13-15-35(2,3)4/h6,8,11,14,16-17,22,25-26,28-29,38H,1,7,9-10,12,18-20H2,2-5H3,(H,39,43)(H,40,45)(H,46,47)/t22?,25-,28+,29+,36?/m1/s1. The zero-order valence-electron chi connectivity index (χ0n) is 29.4. The first kappa shape index (κ1) is 38.1. The van der Waals surface area contributed by atoms with Crippen molar-refractivity contribution in [3.63, 3.8) is 0 Å². The lowest BCUT2D eigenvalue weighted by molar-refractivity contribution is -0.141. The van der Waals surface area contributed by atoms with Crippen molar-refractivity contribution in [2.24, 2.45) is 11.3 Å². The minimum Gasteiger partial charge on any atom is -0.497 e. The highest BCUT2D eigenvalue weighted by Crippen LogP contribution is 2.45. The van der Waals surface area contributed by atoms with Crippen molar-refractivity contribution in [3.8, 4) is 23.5 Å². The van der Waals surface area contributed by atoms with E-state index in [0.717, 1.165) is 10.3 Å². The summed E-state index contributed by atoms with van der Waals surface area (Å²) in [6.07, 6.45) is 1.00. The number of Topliss-reactive ketones (excluding diaryl/α,β-unsaturated/α-hetero) is 1. The van der Waals surface area contributed by atoms with Crippen LogP contribution in [-0.4, -0.2) is 95.6 Å². The largest absolute Gasteiger partial charge is 0.497 e. The van der Waals surface area contributed by atoms with Crippen LogP contribution >= 0.6 is 0 Å². The molecule has 3 aliphatic rings. The molecule has 2 unspecified atom stereocenters. The second-order valence-electron chi connectivity index (χ2n) is 14.3. The number of fused-ring (bicyclic) bond motifs is 1. The number of carbonyl (C=O) groups excluding carboxylic acids is 4. The first-order valence-electron chi connectivity index (χ1n) is 16.9. The van der Waals surface area contributed by atoms with E-state index in [1.165, 1.54) is 19.4 Å². The predicted octanol–water partition coefficient (Wildman–Crippen LogP) is 2.30.